The number of amides is 1. The summed E-state index contributed by atoms with van der Waals surface area (Å²) in [5.74, 6) is 0.502. The van der Waals surface area contributed by atoms with Crippen molar-refractivity contribution in [3.8, 4) is 0 Å². The van der Waals surface area contributed by atoms with Crippen LogP contribution in [0.5, 0.6) is 0 Å². The molecule has 0 spiro atoms. The van der Waals surface area contributed by atoms with Crippen LogP contribution in [0.1, 0.15) is 6.92 Å². The zero-order valence-electron chi connectivity index (χ0n) is 9.00. The van der Waals surface area contributed by atoms with Crippen LogP contribution in [0, 0.1) is 0 Å². The number of anilines is 1. The predicted octanol–water partition coefficient (Wildman–Crippen LogP) is 1.78. The molecule has 0 aromatic carbocycles. The normalized spacial score (nSPS) is 10.0. The summed E-state index contributed by atoms with van der Waals surface area (Å²) in [5, 5.41) is 3.04. The number of nitrogens with one attached hydrogen (secondary N) is 1. The fourth-order valence-corrected chi connectivity index (χ4v) is 1.40. The molecule has 0 aliphatic carbocycles. The van der Waals surface area contributed by atoms with Crippen molar-refractivity contribution in [3.63, 3.8) is 0 Å². The first-order valence-electron chi connectivity index (χ1n) is 4.70. The Bertz CT molecular complexity index is 388. The molecule has 0 aliphatic heterocycles. The molecular weight excluding hydrogens is 295 g/mol. The largest absolute Gasteiger partial charge is 0.360 e. The molecule has 0 aliphatic rings. The summed E-state index contributed by atoms with van der Waals surface area (Å²) >= 11 is 8.91. The Morgan fingerprint density at radius 2 is 2.38 bits per heavy atom. The third-order valence-corrected chi connectivity index (χ3v) is 2.78. The summed E-state index contributed by atoms with van der Waals surface area (Å²) in [7, 11) is 1.74. The van der Waals surface area contributed by atoms with E-state index in [2.05, 4.69) is 31.2 Å². The van der Waals surface area contributed by atoms with Crippen LogP contribution in [-0.4, -0.2) is 40.9 Å². The van der Waals surface area contributed by atoms with E-state index in [1.54, 1.807) is 11.9 Å². The standard InChI is InChI=1S/C9H12BrClN4O/c1-3-15(2)7(16)5-12-8-6(10)4-13-9(11)14-8/h4H,3,5H2,1-2H3,(H,12,13,14). The topological polar surface area (TPSA) is 58.1 Å². The summed E-state index contributed by atoms with van der Waals surface area (Å²) in [5.41, 5.74) is 0. The lowest BCUT2D eigenvalue weighted by Crippen LogP contribution is -2.32. The molecule has 1 heterocycles. The number of hydrogen-bond donors (Lipinski definition) is 1. The van der Waals surface area contributed by atoms with Gasteiger partial charge in [0.25, 0.3) is 0 Å². The summed E-state index contributed by atoms with van der Waals surface area (Å²) in [6, 6.07) is 0. The van der Waals surface area contributed by atoms with Crippen molar-refractivity contribution in [1.82, 2.24) is 14.9 Å². The number of aromatic nitrogens is 2. The molecule has 0 saturated heterocycles. The van der Waals surface area contributed by atoms with E-state index in [-0.39, 0.29) is 17.7 Å². The van der Waals surface area contributed by atoms with Gasteiger partial charge in [-0.25, -0.2) is 4.98 Å². The Morgan fingerprint density at radius 1 is 1.69 bits per heavy atom. The molecular formula is C9H12BrClN4O. The molecule has 1 rings (SSSR count). The molecule has 5 nitrogen and oxygen atoms in total. The van der Waals surface area contributed by atoms with E-state index in [0.29, 0.717) is 16.8 Å². The van der Waals surface area contributed by atoms with Crippen molar-refractivity contribution in [2.45, 2.75) is 6.92 Å². The van der Waals surface area contributed by atoms with Crippen LogP contribution in [0.25, 0.3) is 0 Å². The molecule has 0 bridgehead atoms. The lowest BCUT2D eigenvalue weighted by Gasteiger charge is -2.15. The Balaban J connectivity index is 2.61. The number of carbonyl (C=O) groups is 1. The fourth-order valence-electron chi connectivity index (χ4n) is 0.940. The van der Waals surface area contributed by atoms with Gasteiger partial charge in [0.05, 0.1) is 11.0 Å². The minimum absolute atomic E-state index is 0.0101. The molecule has 1 amide bonds. The van der Waals surface area contributed by atoms with Crippen molar-refractivity contribution >= 4 is 39.3 Å². The van der Waals surface area contributed by atoms with Crippen molar-refractivity contribution in [1.29, 1.82) is 0 Å². The number of nitrogens with zero attached hydrogens (tertiary/aromatic N) is 3. The molecule has 7 heteroatoms. The van der Waals surface area contributed by atoms with E-state index in [1.165, 1.54) is 6.20 Å². The van der Waals surface area contributed by atoms with Gasteiger partial charge in [0.1, 0.15) is 5.82 Å². The van der Waals surface area contributed by atoms with Gasteiger partial charge in [-0.2, -0.15) is 4.98 Å². The maximum atomic E-state index is 11.5. The van der Waals surface area contributed by atoms with Crippen LogP contribution in [0.2, 0.25) is 5.28 Å². The first-order valence-corrected chi connectivity index (χ1v) is 5.87. The average Bonchev–Trinajstić information content (AvgIpc) is 2.28. The predicted molar refractivity (Wildman–Crippen MR) is 66.5 cm³/mol. The minimum Gasteiger partial charge on any atom is -0.360 e. The third-order valence-electron chi connectivity index (χ3n) is 2.02. The highest BCUT2D eigenvalue weighted by atomic mass is 79.9. The van der Waals surface area contributed by atoms with E-state index in [4.69, 9.17) is 11.6 Å². The number of likely N-dealkylation sites (N-methyl/N-ethyl adjacent to an activating group) is 1. The van der Waals surface area contributed by atoms with Crippen molar-refractivity contribution in [2.24, 2.45) is 0 Å². The fraction of sp³-hybridized carbons (Fsp3) is 0.444. The zero-order chi connectivity index (χ0) is 12.1. The molecule has 0 radical (unpaired) electrons. The maximum absolute atomic E-state index is 11.5. The third kappa shape index (κ3) is 3.61. The Kier molecular flexibility index (Phi) is 4.95. The van der Waals surface area contributed by atoms with Crippen LogP contribution < -0.4 is 5.32 Å². The Morgan fingerprint density at radius 3 is 3.00 bits per heavy atom. The lowest BCUT2D eigenvalue weighted by atomic mass is 10.5. The zero-order valence-corrected chi connectivity index (χ0v) is 11.3. The van der Waals surface area contributed by atoms with Gasteiger partial charge in [-0.05, 0) is 34.5 Å². The number of halogens is 2. The monoisotopic (exact) mass is 306 g/mol. The second-order valence-electron chi connectivity index (χ2n) is 3.10. The highest BCUT2D eigenvalue weighted by Crippen LogP contribution is 2.19. The van der Waals surface area contributed by atoms with Gasteiger partial charge in [0.2, 0.25) is 11.2 Å². The molecule has 16 heavy (non-hydrogen) atoms. The van der Waals surface area contributed by atoms with Gasteiger partial charge >= 0.3 is 0 Å². The summed E-state index contributed by atoms with van der Waals surface area (Å²) in [6.45, 7) is 2.76. The first kappa shape index (κ1) is 13.2. The minimum atomic E-state index is -0.0101. The van der Waals surface area contributed by atoms with Crippen LogP contribution in [0.15, 0.2) is 10.7 Å². The van der Waals surface area contributed by atoms with E-state index in [0.717, 1.165) is 0 Å². The summed E-state index contributed by atoms with van der Waals surface area (Å²) in [4.78, 5) is 20.9. The van der Waals surface area contributed by atoms with Crippen molar-refractivity contribution in [3.05, 3.63) is 16.0 Å². The number of carbonyl (C=O) groups excluding carboxylic acids is 1. The van der Waals surface area contributed by atoms with E-state index < -0.39 is 0 Å². The van der Waals surface area contributed by atoms with Crippen LogP contribution in [-0.2, 0) is 4.79 Å². The van der Waals surface area contributed by atoms with Crippen molar-refractivity contribution < 1.29 is 4.79 Å². The van der Waals surface area contributed by atoms with Gasteiger partial charge < -0.3 is 10.2 Å². The molecule has 1 N–H and O–H groups in total. The SMILES string of the molecule is CCN(C)C(=O)CNc1nc(Cl)ncc1Br. The van der Waals surface area contributed by atoms with E-state index >= 15 is 0 Å². The second kappa shape index (κ2) is 6.00. The molecule has 0 unspecified atom stereocenters. The number of rotatable bonds is 4. The Labute approximate surface area is 107 Å². The molecule has 1 aromatic heterocycles. The van der Waals surface area contributed by atoms with E-state index in [1.807, 2.05) is 6.92 Å². The van der Waals surface area contributed by atoms with Gasteiger partial charge in [-0.15, -0.1) is 0 Å². The van der Waals surface area contributed by atoms with Gasteiger partial charge in [0.15, 0.2) is 0 Å². The summed E-state index contributed by atoms with van der Waals surface area (Å²) in [6.07, 6.45) is 1.53. The van der Waals surface area contributed by atoms with Crippen LogP contribution in [0.3, 0.4) is 0 Å². The highest BCUT2D eigenvalue weighted by Gasteiger charge is 2.08. The van der Waals surface area contributed by atoms with Crippen molar-refractivity contribution in [2.75, 3.05) is 25.5 Å². The quantitative estimate of drug-likeness (QED) is 0.862. The second-order valence-corrected chi connectivity index (χ2v) is 4.29. The molecule has 0 fully saturated rings. The molecule has 0 atom stereocenters. The van der Waals surface area contributed by atoms with Crippen LogP contribution >= 0.6 is 27.5 Å². The van der Waals surface area contributed by atoms with E-state index in [9.17, 15) is 4.79 Å². The lowest BCUT2D eigenvalue weighted by molar-refractivity contribution is -0.127. The molecule has 88 valence electrons. The van der Waals surface area contributed by atoms with Gasteiger partial charge in [0, 0.05) is 19.8 Å². The molecule has 1 aromatic rings. The maximum Gasteiger partial charge on any atom is 0.241 e. The first-order chi connectivity index (χ1) is 7.54. The smallest absolute Gasteiger partial charge is 0.241 e. The highest BCUT2D eigenvalue weighted by molar-refractivity contribution is 9.10. The van der Waals surface area contributed by atoms with Gasteiger partial charge in [-0.3, -0.25) is 4.79 Å². The van der Waals surface area contributed by atoms with Gasteiger partial charge in [-0.1, -0.05) is 0 Å². The Hall–Kier alpha value is -0.880. The molecule has 0 saturated carbocycles. The van der Waals surface area contributed by atoms with Crippen LogP contribution in [0.4, 0.5) is 5.82 Å². The summed E-state index contributed by atoms with van der Waals surface area (Å²) < 4.78 is 0.670. The average molecular weight is 308 g/mol. The number of hydrogen-bond acceptors (Lipinski definition) is 4.